The number of esters is 1. The highest BCUT2D eigenvalue weighted by atomic mass is 16.5. The van der Waals surface area contributed by atoms with E-state index >= 15 is 0 Å². The van der Waals surface area contributed by atoms with Crippen LogP contribution in [-0.4, -0.2) is 49.6 Å². The summed E-state index contributed by atoms with van der Waals surface area (Å²) in [5.41, 5.74) is -0.375. The molecule has 0 spiro atoms. The number of aliphatic hydroxyl groups is 1. The van der Waals surface area contributed by atoms with Crippen molar-refractivity contribution in [2.75, 3.05) is 26.9 Å². The quantitative estimate of drug-likeness (QED) is 0.669. The smallest absolute Gasteiger partial charge is 0.323 e. The lowest BCUT2D eigenvalue weighted by Crippen LogP contribution is -2.58. The highest BCUT2D eigenvalue weighted by molar-refractivity contribution is 5.76. The van der Waals surface area contributed by atoms with Crippen LogP contribution in [-0.2, 0) is 14.3 Å². The zero-order chi connectivity index (χ0) is 12.3. The van der Waals surface area contributed by atoms with Crippen molar-refractivity contribution in [3.63, 3.8) is 0 Å². The zero-order valence-electron chi connectivity index (χ0n) is 10.3. The Morgan fingerprint density at radius 3 is 2.65 bits per heavy atom. The van der Waals surface area contributed by atoms with Gasteiger partial charge >= 0.3 is 5.97 Å². The SMILES string of the molecule is COC(=O)C(NC1(CO)CCOCC1)C1CC1. The summed E-state index contributed by atoms with van der Waals surface area (Å²) < 4.78 is 10.1. The van der Waals surface area contributed by atoms with Gasteiger partial charge in [-0.05, 0) is 31.6 Å². The molecule has 17 heavy (non-hydrogen) atoms. The number of nitrogens with one attached hydrogen (secondary N) is 1. The summed E-state index contributed by atoms with van der Waals surface area (Å²) in [5.74, 6) is 0.153. The molecule has 1 saturated carbocycles. The lowest BCUT2D eigenvalue weighted by molar-refractivity contribution is -0.145. The lowest BCUT2D eigenvalue weighted by Gasteiger charge is -2.39. The van der Waals surface area contributed by atoms with Gasteiger partial charge in [-0.2, -0.15) is 0 Å². The number of aliphatic hydroxyl groups excluding tert-OH is 1. The summed E-state index contributed by atoms with van der Waals surface area (Å²) in [6.07, 6.45) is 3.60. The molecule has 0 aromatic carbocycles. The van der Waals surface area contributed by atoms with Crippen molar-refractivity contribution in [1.82, 2.24) is 5.32 Å². The average molecular weight is 243 g/mol. The molecule has 2 rings (SSSR count). The van der Waals surface area contributed by atoms with Gasteiger partial charge in [0.25, 0.3) is 0 Å². The number of hydrogen-bond acceptors (Lipinski definition) is 5. The molecule has 2 fully saturated rings. The maximum Gasteiger partial charge on any atom is 0.323 e. The maximum absolute atomic E-state index is 11.7. The third-order valence-electron chi connectivity index (χ3n) is 3.76. The average Bonchev–Trinajstić information content (AvgIpc) is 3.20. The van der Waals surface area contributed by atoms with Crippen LogP contribution in [0.4, 0.5) is 0 Å². The van der Waals surface area contributed by atoms with E-state index in [0.717, 1.165) is 25.7 Å². The minimum Gasteiger partial charge on any atom is -0.468 e. The van der Waals surface area contributed by atoms with Gasteiger partial charge in [0.15, 0.2) is 0 Å². The zero-order valence-corrected chi connectivity index (χ0v) is 10.3. The molecule has 5 heteroatoms. The molecule has 1 unspecified atom stereocenters. The second-order valence-electron chi connectivity index (χ2n) is 5.03. The van der Waals surface area contributed by atoms with E-state index in [1.807, 2.05) is 0 Å². The fourth-order valence-electron chi connectivity index (χ4n) is 2.37. The Kier molecular flexibility index (Phi) is 4.01. The van der Waals surface area contributed by atoms with Crippen molar-refractivity contribution in [3.05, 3.63) is 0 Å². The first-order valence-corrected chi connectivity index (χ1v) is 6.25. The van der Waals surface area contributed by atoms with Gasteiger partial charge in [-0.25, -0.2) is 0 Å². The highest BCUT2D eigenvalue weighted by Crippen LogP contribution is 2.35. The van der Waals surface area contributed by atoms with Crippen LogP contribution in [0.2, 0.25) is 0 Å². The summed E-state index contributed by atoms with van der Waals surface area (Å²) in [5, 5.41) is 12.9. The number of hydrogen-bond donors (Lipinski definition) is 2. The van der Waals surface area contributed by atoms with E-state index in [1.165, 1.54) is 7.11 Å². The molecule has 5 nitrogen and oxygen atoms in total. The van der Waals surface area contributed by atoms with Gasteiger partial charge in [0, 0.05) is 18.8 Å². The number of ether oxygens (including phenoxy) is 2. The largest absolute Gasteiger partial charge is 0.468 e. The van der Waals surface area contributed by atoms with Crippen molar-refractivity contribution in [2.24, 2.45) is 5.92 Å². The van der Waals surface area contributed by atoms with E-state index in [1.54, 1.807) is 0 Å². The van der Waals surface area contributed by atoms with Gasteiger partial charge in [-0.1, -0.05) is 0 Å². The molecular weight excluding hydrogens is 222 g/mol. The van der Waals surface area contributed by atoms with Crippen LogP contribution in [0, 0.1) is 5.92 Å². The van der Waals surface area contributed by atoms with Crippen molar-refractivity contribution in [1.29, 1.82) is 0 Å². The van der Waals surface area contributed by atoms with Gasteiger partial charge in [0.2, 0.25) is 0 Å². The first kappa shape index (κ1) is 12.8. The van der Waals surface area contributed by atoms with Gasteiger partial charge in [0.1, 0.15) is 6.04 Å². The van der Waals surface area contributed by atoms with Crippen LogP contribution in [0.5, 0.6) is 0 Å². The monoisotopic (exact) mass is 243 g/mol. The molecule has 0 aromatic heterocycles. The maximum atomic E-state index is 11.7. The van der Waals surface area contributed by atoms with Crippen LogP contribution in [0.1, 0.15) is 25.7 Å². The standard InChI is InChI=1S/C12H21NO4/c1-16-11(15)10(9-2-3-9)13-12(8-14)4-6-17-7-5-12/h9-10,13-14H,2-8H2,1H3. The van der Waals surface area contributed by atoms with E-state index in [9.17, 15) is 9.90 Å². The summed E-state index contributed by atoms with van der Waals surface area (Å²) >= 11 is 0. The van der Waals surface area contributed by atoms with E-state index < -0.39 is 0 Å². The van der Waals surface area contributed by atoms with Crippen molar-refractivity contribution < 1.29 is 19.4 Å². The Labute approximate surface area is 101 Å². The predicted molar refractivity (Wildman–Crippen MR) is 61.5 cm³/mol. The predicted octanol–water partition coefficient (Wildman–Crippen LogP) is 0.0691. The minimum absolute atomic E-state index is 0.0383. The van der Waals surface area contributed by atoms with Crippen LogP contribution >= 0.6 is 0 Å². The van der Waals surface area contributed by atoms with Gasteiger partial charge in [0.05, 0.1) is 13.7 Å². The number of carbonyl (C=O) groups is 1. The number of rotatable bonds is 5. The lowest BCUT2D eigenvalue weighted by atomic mass is 9.89. The van der Waals surface area contributed by atoms with Gasteiger partial charge < -0.3 is 14.6 Å². The van der Waals surface area contributed by atoms with Crippen molar-refractivity contribution in [3.8, 4) is 0 Å². The summed E-state index contributed by atoms with van der Waals surface area (Å²) in [7, 11) is 1.41. The Balaban J connectivity index is 2.01. The molecule has 0 aromatic rings. The van der Waals surface area contributed by atoms with E-state index in [0.29, 0.717) is 19.1 Å². The van der Waals surface area contributed by atoms with E-state index in [-0.39, 0.29) is 24.2 Å². The second-order valence-corrected chi connectivity index (χ2v) is 5.03. The third-order valence-corrected chi connectivity index (χ3v) is 3.76. The molecule has 1 aliphatic heterocycles. The van der Waals surface area contributed by atoms with Crippen molar-refractivity contribution in [2.45, 2.75) is 37.3 Å². The fourth-order valence-corrected chi connectivity index (χ4v) is 2.37. The Morgan fingerprint density at radius 2 is 2.18 bits per heavy atom. The van der Waals surface area contributed by atoms with E-state index in [4.69, 9.17) is 9.47 Å². The molecule has 1 saturated heterocycles. The van der Waals surface area contributed by atoms with Gasteiger partial charge in [-0.15, -0.1) is 0 Å². The van der Waals surface area contributed by atoms with Crippen LogP contribution in [0.25, 0.3) is 0 Å². The molecule has 0 amide bonds. The molecule has 2 aliphatic rings. The summed E-state index contributed by atoms with van der Waals surface area (Å²) in [4.78, 5) is 11.7. The van der Waals surface area contributed by atoms with Gasteiger partial charge in [-0.3, -0.25) is 10.1 Å². The minimum atomic E-state index is -0.375. The number of carbonyl (C=O) groups excluding carboxylic acids is 1. The Bertz CT molecular complexity index is 272. The number of methoxy groups -OCH3 is 1. The molecule has 2 N–H and O–H groups in total. The van der Waals surface area contributed by atoms with Crippen molar-refractivity contribution >= 4 is 5.97 Å². The molecule has 1 heterocycles. The normalized spacial score (nSPS) is 25.3. The van der Waals surface area contributed by atoms with E-state index in [2.05, 4.69) is 5.32 Å². The fraction of sp³-hybridized carbons (Fsp3) is 0.917. The first-order chi connectivity index (χ1) is 8.21. The molecule has 0 bridgehead atoms. The first-order valence-electron chi connectivity index (χ1n) is 6.25. The third kappa shape index (κ3) is 2.97. The molecule has 0 radical (unpaired) electrons. The molecule has 1 atom stereocenters. The Hall–Kier alpha value is -0.650. The van der Waals surface area contributed by atoms with Crippen LogP contribution < -0.4 is 5.32 Å². The summed E-state index contributed by atoms with van der Waals surface area (Å²) in [6.45, 7) is 1.30. The highest BCUT2D eigenvalue weighted by Gasteiger charge is 2.43. The summed E-state index contributed by atoms with van der Waals surface area (Å²) in [6, 6.07) is -0.273. The molecule has 98 valence electrons. The Morgan fingerprint density at radius 1 is 1.53 bits per heavy atom. The molecule has 1 aliphatic carbocycles. The molecular formula is C12H21NO4. The van der Waals surface area contributed by atoms with Crippen LogP contribution in [0.3, 0.4) is 0 Å². The second kappa shape index (κ2) is 5.33. The van der Waals surface area contributed by atoms with Crippen LogP contribution in [0.15, 0.2) is 0 Å². The topological polar surface area (TPSA) is 67.8 Å².